The molecular weight excluding hydrogens is 467 g/mol. The fraction of sp³-hybridized carbons (Fsp3) is 0.400. The lowest BCUT2D eigenvalue weighted by Crippen LogP contribution is -2.24. The molecule has 6 heteroatoms. The fourth-order valence-corrected chi connectivity index (χ4v) is 4.26. The molecule has 1 unspecified atom stereocenters. The van der Waals surface area contributed by atoms with E-state index in [1.165, 1.54) is 30.3 Å². The Kier molecular flexibility index (Phi) is 11.9. The average Bonchev–Trinajstić information content (AvgIpc) is 3.35. The fourth-order valence-electron chi connectivity index (χ4n) is 4.01. The van der Waals surface area contributed by atoms with E-state index in [0.717, 1.165) is 45.0 Å². The lowest BCUT2D eigenvalue weighted by atomic mass is 10.1. The summed E-state index contributed by atoms with van der Waals surface area (Å²) in [5, 5.41) is 1.02. The molecule has 0 radical (unpaired) electrons. The predicted octanol–water partition coefficient (Wildman–Crippen LogP) is 6.85. The predicted molar refractivity (Wildman–Crippen MR) is 154 cm³/mol. The van der Waals surface area contributed by atoms with Crippen LogP contribution in [0.1, 0.15) is 57.6 Å². The van der Waals surface area contributed by atoms with Gasteiger partial charge in [0.05, 0.1) is 13.7 Å². The summed E-state index contributed by atoms with van der Waals surface area (Å²) in [5.41, 5.74) is 3.45. The summed E-state index contributed by atoms with van der Waals surface area (Å²) >= 11 is 0. The standard InChI is InChI=1S/C22H23N2O3P.C6H12.C2H6/c1-14-5-7-19(28)10-21(14)27-16(3)12-24-13-18(11-23-22(24)25)17-6-8-20(26-4)15(2)9-17;1-6-4-2-3-5-6;1-2/h5-11,13H,3,12,28H2,1-2,4H3;6H,2-5H2,1H3;1-2H3. The first kappa shape index (κ1) is 29.3. The molecule has 0 saturated heterocycles. The summed E-state index contributed by atoms with van der Waals surface area (Å²) in [6.45, 7) is 14.5. The molecule has 1 heterocycles. The van der Waals surface area contributed by atoms with E-state index in [1.807, 2.05) is 64.1 Å². The van der Waals surface area contributed by atoms with E-state index in [0.29, 0.717) is 5.76 Å². The smallest absolute Gasteiger partial charge is 0.347 e. The minimum Gasteiger partial charge on any atom is -0.496 e. The highest BCUT2D eigenvalue weighted by Gasteiger charge is 2.09. The van der Waals surface area contributed by atoms with Crippen molar-refractivity contribution in [2.75, 3.05) is 7.11 Å². The zero-order chi connectivity index (χ0) is 26.7. The van der Waals surface area contributed by atoms with E-state index in [-0.39, 0.29) is 12.2 Å². The first-order valence-electron chi connectivity index (χ1n) is 12.7. The first-order chi connectivity index (χ1) is 17.3. The van der Waals surface area contributed by atoms with Crippen LogP contribution >= 0.6 is 9.24 Å². The molecule has 0 bridgehead atoms. The molecule has 0 amide bonds. The number of rotatable bonds is 6. The summed E-state index contributed by atoms with van der Waals surface area (Å²) in [7, 11) is 4.28. The van der Waals surface area contributed by atoms with Gasteiger partial charge in [-0.2, -0.15) is 0 Å². The molecule has 1 atom stereocenters. The third kappa shape index (κ3) is 8.64. The normalized spacial score (nSPS) is 12.6. The SMILES string of the molecule is C=C(Cn1cc(-c2ccc(OC)c(C)c2)cnc1=O)Oc1cc(P)ccc1C.CC.CC1CCCC1. The number of hydrogen-bond donors (Lipinski definition) is 0. The largest absolute Gasteiger partial charge is 0.496 e. The van der Waals surface area contributed by atoms with E-state index in [9.17, 15) is 4.79 Å². The quantitative estimate of drug-likeness (QED) is 0.270. The van der Waals surface area contributed by atoms with Crippen molar-refractivity contribution < 1.29 is 9.47 Å². The molecule has 3 aromatic rings. The van der Waals surface area contributed by atoms with E-state index in [4.69, 9.17) is 9.47 Å². The van der Waals surface area contributed by atoms with Gasteiger partial charge in [-0.1, -0.05) is 71.2 Å². The molecule has 36 heavy (non-hydrogen) atoms. The van der Waals surface area contributed by atoms with Crippen LogP contribution in [0.25, 0.3) is 11.1 Å². The van der Waals surface area contributed by atoms with E-state index >= 15 is 0 Å². The van der Waals surface area contributed by atoms with Gasteiger partial charge in [0.1, 0.15) is 17.3 Å². The summed E-state index contributed by atoms with van der Waals surface area (Å²) in [4.78, 5) is 16.2. The van der Waals surface area contributed by atoms with Crippen LogP contribution in [0.5, 0.6) is 11.5 Å². The van der Waals surface area contributed by atoms with Gasteiger partial charge in [-0.25, -0.2) is 9.78 Å². The second kappa shape index (κ2) is 14.6. The lowest BCUT2D eigenvalue weighted by molar-refractivity contribution is 0.388. The Morgan fingerprint density at radius 3 is 2.33 bits per heavy atom. The van der Waals surface area contributed by atoms with Gasteiger partial charge in [-0.05, 0) is 60.0 Å². The third-order valence-electron chi connectivity index (χ3n) is 6.04. The minimum absolute atomic E-state index is 0.218. The highest BCUT2D eigenvalue weighted by atomic mass is 31.0. The van der Waals surface area contributed by atoms with Crippen molar-refractivity contribution >= 4 is 14.5 Å². The zero-order valence-corrected chi connectivity index (χ0v) is 23.8. The van der Waals surface area contributed by atoms with Gasteiger partial charge in [0.2, 0.25) is 0 Å². The molecule has 0 spiro atoms. The molecule has 1 aliphatic carbocycles. The van der Waals surface area contributed by atoms with Crippen molar-refractivity contribution in [2.24, 2.45) is 5.92 Å². The summed E-state index contributed by atoms with van der Waals surface area (Å²) in [6, 6.07) is 11.7. The molecule has 1 saturated carbocycles. The Hall–Kier alpha value is -2.91. The molecule has 0 N–H and O–H groups in total. The topological polar surface area (TPSA) is 53.4 Å². The second-order valence-corrected chi connectivity index (χ2v) is 9.66. The molecule has 0 aliphatic heterocycles. The maximum atomic E-state index is 12.2. The first-order valence-corrected chi connectivity index (χ1v) is 13.3. The Balaban J connectivity index is 0.000000491. The second-order valence-electron chi connectivity index (χ2n) is 8.99. The van der Waals surface area contributed by atoms with E-state index in [1.54, 1.807) is 19.5 Å². The zero-order valence-electron chi connectivity index (χ0n) is 22.6. The van der Waals surface area contributed by atoms with Gasteiger partial charge < -0.3 is 9.47 Å². The highest BCUT2D eigenvalue weighted by molar-refractivity contribution is 7.27. The maximum Gasteiger partial charge on any atom is 0.347 e. The van der Waals surface area contributed by atoms with Crippen LogP contribution in [-0.4, -0.2) is 16.7 Å². The van der Waals surface area contributed by atoms with Crippen LogP contribution in [-0.2, 0) is 6.54 Å². The van der Waals surface area contributed by atoms with Crippen molar-refractivity contribution in [1.29, 1.82) is 0 Å². The Morgan fingerprint density at radius 1 is 1.06 bits per heavy atom. The maximum absolute atomic E-state index is 12.2. The summed E-state index contributed by atoms with van der Waals surface area (Å²) in [6.07, 6.45) is 9.29. The van der Waals surface area contributed by atoms with Crippen LogP contribution in [0.2, 0.25) is 0 Å². The van der Waals surface area contributed by atoms with Gasteiger partial charge in [-0.15, -0.1) is 9.24 Å². The monoisotopic (exact) mass is 508 g/mol. The van der Waals surface area contributed by atoms with Gasteiger partial charge in [-0.3, -0.25) is 4.57 Å². The van der Waals surface area contributed by atoms with Crippen molar-refractivity contribution in [3.05, 3.63) is 82.7 Å². The van der Waals surface area contributed by atoms with Gasteiger partial charge in [0.15, 0.2) is 0 Å². The number of methoxy groups -OCH3 is 1. The third-order valence-corrected chi connectivity index (χ3v) is 6.40. The number of benzene rings is 2. The Bertz CT molecular complexity index is 1200. The van der Waals surface area contributed by atoms with Crippen LogP contribution in [0, 0.1) is 19.8 Å². The van der Waals surface area contributed by atoms with Crippen LogP contribution in [0.4, 0.5) is 0 Å². The Labute approximate surface area is 218 Å². The van der Waals surface area contributed by atoms with Crippen molar-refractivity contribution in [3.8, 4) is 22.6 Å². The number of aromatic nitrogens is 2. The molecule has 2 aromatic carbocycles. The molecule has 4 rings (SSSR count). The molecule has 1 fully saturated rings. The minimum atomic E-state index is -0.352. The van der Waals surface area contributed by atoms with Crippen LogP contribution in [0.15, 0.2) is 65.9 Å². The summed E-state index contributed by atoms with van der Waals surface area (Å²) in [5.74, 6) is 3.05. The van der Waals surface area contributed by atoms with Crippen molar-refractivity contribution in [3.63, 3.8) is 0 Å². The number of hydrogen-bond acceptors (Lipinski definition) is 4. The average molecular weight is 509 g/mol. The number of nitrogens with zero attached hydrogens (tertiary/aromatic N) is 2. The van der Waals surface area contributed by atoms with Gasteiger partial charge in [0, 0.05) is 18.0 Å². The molecular formula is C30H41N2O3P. The molecule has 5 nitrogen and oxygen atoms in total. The van der Waals surface area contributed by atoms with Crippen molar-refractivity contribution in [1.82, 2.24) is 9.55 Å². The van der Waals surface area contributed by atoms with Crippen molar-refractivity contribution in [2.45, 2.75) is 66.8 Å². The van der Waals surface area contributed by atoms with Gasteiger partial charge in [0.25, 0.3) is 0 Å². The van der Waals surface area contributed by atoms with Crippen LogP contribution in [0.3, 0.4) is 0 Å². The molecule has 1 aliphatic rings. The number of aryl methyl sites for hydroxylation is 2. The molecule has 194 valence electrons. The molecule has 1 aromatic heterocycles. The number of allylic oxidation sites excluding steroid dienone is 1. The van der Waals surface area contributed by atoms with E-state index < -0.39 is 0 Å². The Morgan fingerprint density at radius 2 is 1.75 bits per heavy atom. The number of ether oxygens (including phenoxy) is 2. The lowest BCUT2D eigenvalue weighted by Gasteiger charge is -2.14. The highest BCUT2D eigenvalue weighted by Crippen LogP contribution is 2.25. The van der Waals surface area contributed by atoms with E-state index in [2.05, 4.69) is 27.7 Å². The summed E-state index contributed by atoms with van der Waals surface area (Å²) < 4.78 is 12.7. The van der Waals surface area contributed by atoms with Gasteiger partial charge >= 0.3 is 5.69 Å². The van der Waals surface area contributed by atoms with Crippen LogP contribution < -0.4 is 20.5 Å².